The van der Waals surface area contributed by atoms with Gasteiger partial charge in [0.2, 0.25) is 5.88 Å². The summed E-state index contributed by atoms with van der Waals surface area (Å²) in [5, 5.41) is 6.17. The quantitative estimate of drug-likeness (QED) is 0.164. The van der Waals surface area contributed by atoms with E-state index in [1.165, 1.54) is 6.07 Å². The standard InChI is InChI=1S/C20H16ClF9N6O2/c1-32-15(12(18(23,24)25)14(31)38-20(29,30)17(22)19(26,27)28)36-7-9(6-34-36)8-4-11(13(21)33-5-8)16(37)35-10-2-3-10/h4-7,10,17H,2-3,31H2,1H3,(H,35,37). The molecular weight excluding hydrogens is 563 g/mol. The van der Waals surface area contributed by atoms with Gasteiger partial charge in [-0.15, -0.1) is 0 Å². The number of hydrogen-bond donors (Lipinski definition) is 2. The van der Waals surface area contributed by atoms with Gasteiger partial charge in [-0.05, 0) is 18.9 Å². The van der Waals surface area contributed by atoms with E-state index in [0.717, 1.165) is 38.5 Å². The second-order valence-corrected chi connectivity index (χ2v) is 8.19. The number of nitrogens with one attached hydrogen (secondary N) is 1. The molecule has 0 radical (unpaired) electrons. The number of allylic oxidation sites excluding steroid dienone is 1. The van der Waals surface area contributed by atoms with Crippen LogP contribution in [0.4, 0.5) is 39.5 Å². The minimum atomic E-state index is -6.16. The molecule has 1 fully saturated rings. The number of aliphatic imine (C=N–C) groups is 1. The Morgan fingerprint density at radius 3 is 2.34 bits per heavy atom. The van der Waals surface area contributed by atoms with Gasteiger partial charge in [-0.25, -0.2) is 14.1 Å². The zero-order valence-corrected chi connectivity index (χ0v) is 19.6. The number of alkyl halides is 9. The van der Waals surface area contributed by atoms with Crippen molar-refractivity contribution in [3.8, 4) is 11.1 Å². The van der Waals surface area contributed by atoms with E-state index in [2.05, 4.69) is 25.1 Å². The van der Waals surface area contributed by atoms with Gasteiger partial charge in [0.1, 0.15) is 5.15 Å². The summed E-state index contributed by atoms with van der Waals surface area (Å²) >= 11 is 5.96. The van der Waals surface area contributed by atoms with E-state index in [9.17, 15) is 44.3 Å². The van der Waals surface area contributed by atoms with Crippen LogP contribution in [0.2, 0.25) is 5.15 Å². The minimum Gasteiger partial charge on any atom is -0.414 e. The van der Waals surface area contributed by atoms with Crippen LogP contribution in [-0.2, 0) is 4.74 Å². The van der Waals surface area contributed by atoms with Gasteiger partial charge in [0.15, 0.2) is 11.4 Å². The number of nitrogens with zero attached hydrogens (tertiary/aromatic N) is 4. The topological polar surface area (TPSA) is 107 Å². The first-order valence-corrected chi connectivity index (χ1v) is 10.7. The van der Waals surface area contributed by atoms with Gasteiger partial charge in [-0.1, -0.05) is 11.6 Å². The number of hydrogen-bond acceptors (Lipinski definition) is 6. The van der Waals surface area contributed by atoms with Gasteiger partial charge in [0, 0.05) is 36.6 Å². The third-order valence-corrected chi connectivity index (χ3v) is 5.22. The number of ether oxygens (including phenoxy) is 1. The summed E-state index contributed by atoms with van der Waals surface area (Å²) in [5.74, 6) is -4.12. The Morgan fingerprint density at radius 1 is 1.18 bits per heavy atom. The molecule has 0 saturated heterocycles. The van der Waals surface area contributed by atoms with Crippen LogP contribution in [0.3, 0.4) is 0 Å². The molecule has 8 nitrogen and oxygen atoms in total. The van der Waals surface area contributed by atoms with Gasteiger partial charge in [0.05, 0.1) is 11.8 Å². The van der Waals surface area contributed by atoms with Crippen molar-refractivity contribution >= 4 is 23.3 Å². The number of nitrogens with two attached hydrogens (primary N) is 1. The maximum absolute atomic E-state index is 13.8. The van der Waals surface area contributed by atoms with Crippen LogP contribution in [0.5, 0.6) is 0 Å². The Labute approximate surface area is 212 Å². The van der Waals surface area contributed by atoms with Crippen LogP contribution < -0.4 is 11.1 Å². The number of carbonyl (C=O) groups is 1. The Balaban J connectivity index is 1.98. The van der Waals surface area contributed by atoms with Crippen molar-refractivity contribution < 1.29 is 49.0 Å². The van der Waals surface area contributed by atoms with E-state index >= 15 is 0 Å². The molecule has 38 heavy (non-hydrogen) atoms. The molecule has 2 aromatic rings. The predicted octanol–water partition coefficient (Wildman–Crippen LogP) is 4.61. The molecule has 0 bridgehead atoms. The molecule has 0 aliphatic heterocycles. The van der Waals surface area contributed by atoms with Crippen molar-refractivity contribution in [2.24, 2.45) is 10.7 Å². The summed E-state index contributed by atoms with van der Waals surface area (Å²) in [6.07, 6.45) is -18.0. The van der Waals surface area contributed by atoms with E-state index < -0.39 is 47.8 Å². The maximum atomic E-state index is 13.8. The summed E-state index contributed by atoms with van der Waals surface area (Å²) in [5.41, 5.74) is 2.83. The molecule has 2 heterocycles. The SMILES string of the molecule is CN=C(C(=C(N)OC(F)(F)C(F)C(F)(F)F)C(F)(F)F)n1cc(-c2cnc(Cl)c(C(=O)NC3CC3)c2)cn1. The zero-order valence-electron chi connectivity index (χ0n) is 18.8. The average Bonchev–Trinajstić information content (AvgIpc) is 3.47. The number of rotatable bonds is 7. The fourth-order valence-electron chi connectivity index (χ4n) is 2.99. The zero-order chi connectivity index (χ0) is 28.6. The van der Waals surface area contributed by atoms with E-state index in [0.29, 0.717) is 4.68 Å². The molecule has 1 aliphatic carbocycles. The smallest absolute Gasteiger partial charge is 0.414 e. The first-order chi connectivity index (χ1) is 17.5. The molecule has 2 aromatic heterocycles. The van der Waals surface area contributed by atoms with E-state index in [1.807, 2.05) is 0 Å². The Hall–Kier alpha value is -3.50. The predicted molar refractivity (Wildman–Crippen MR) is 114 cm³/mol. The molecule has 3 N–H and O–H groups in total. The second kappa shape index (κ2) is 10.3. The molecule has 1 atom stereocenters. The lowest BCUT2D eigenvalue weighted by molar-refractivity contribution is -0.324. The van der Waals surface area contributed by atoms with Crippen molar-refractivity contribution in [3.05, 3.63) is 46.8 Å². The fourth-order valence-corrected chi connectivity index (χ4v) is 3.18. The summed E-state index contributed by atoms with van der Waals surface area (Å²) in [7, 11) is 0.770. The first-order valence-electron chi connectivity index (χ1n) is 10.3. The van der Waals surface area contributed by atoms with E-state index in [4.69, 9.17) is 17.3 Å². The number of aromatic nitrogens is 3. The lowest BCUT2D eigenvalue weighted by Crippen LogP contribution is -2.45. The lowest BCUT2D eigenvalue weighted by Gasteiger charge is -2.25. The number of halogens is 10. The molecular formula is C20H16ClF9N6O2. The first kappa shape index (κ1) is 29.1. The average molecular weight is 579 g/mol. The van der Waals surface area contributed by atoms with Crippen LogP contribution in [0.25, 0.3) is 11.1 Å². The Kier molecular flexibility index (Phi) is 7.91. The van der Waals surface area contributed by atoms with Gasteiger partial charge < -0.3 is 15.8 Å². The molecule has 1 unspecified atom stereocenters. The lowest BCUT2D eigenvalue weighted by atomic mass is 10.1. The van der Waals surface area contributed by atoms with Crippen LogP contribution in [0.15, 0.2) is 41.1 Å². The molecule has 0 spiro atoms. The summed E-state index contributed by atoms with van der Waals surface area (Å²) in [6.45, 7) is 0. The third kappa shape index (κ3) is 6.49. The van der Waals surface area contributed by atoms with Crippen molar-refractivity contribution in [2.45, 2.75) is 43.5 Å². The molecule has 1 saturated carbocycles. The van der Waals surface area contributed by atoms with Crippen LogP contribution in [-0.4, -0.2) is 64.2 Å². The third-order valence-electron chi connectivity index (χ3n) is 4.92. The highest BCUT2D eigenvalue weighted by Gasteiger charge is 2.60. The molecule has 1 aliphatic rings. The van der Waals surface area contributed by atoms with Crippen molar-refractivity contribution in [2.75, 3.05) is 7.05 Å². The highest BCUT2D eigenvalue weighted by Crippen LogP contribution is 2.38. The van der Waals surface area contributed by atoms with E-state index in [-0.39, 0.29) is 27.9 Å². The van der Waals surface area contributed by atoms with Crippen LogP contribution >= 0.6 is 11.6 Å². The maximum Gasteiger partial charge on any atom is 0.440 e. The molecule has 1 amide bonds. The van der Waals surface area contributed by atoms with Crippen molar-refractivity contribution in [1.29, 1.82) is 0 Å². The molecule has 208 valence electrons. The van der Waals surface area contributed by atoms with E-state index in [1.54, 1.807) is 0 Å². The molecule has 18 heteroatoms. The van der Waals surface area contributed by atoms with Gasteiger partial charge >= 0.3 is 18.5 Å². The number of amides is 1. The van der Waals surface area contributed by atoms with Crippen molar-refractivity contribution in [1.82, 2.24) is 20.1 Å². The van der Waals surface area contributed by atoms with Gasteiger partial charge in [0.25, 0.3) is 12.1 Å². The summed E-state index contributed by atoms with van der Waals surface area (Å²) < 4.78 is 122. The van der Waals surface area contributed by atoms with Crippen LogP contribution in [0.1, 0.15) is 23.2 Å². The normalized spacial score (nSPS) is 16.7. The second-order valence-electron chi connectivity index (χ2n) is 7.84. The molecule has 3 rings (SSSR count). The number of pyridine rings is 1. The summed E-state index contributed by atoms with van der Waals surface area (Å²) in [4.78, 5) is 19.5. The fraction of sp³-hybridized carbons (Fsp3) is 0.400. The highest BCUT2D eigenvalue weighted by atomic mass is 35.5. The minimum absolute atomic E-state index is 0.0234. The Morgan fingerprint density at radius 2 is 1.82 bits per heavy atom. The Bertz CT molecular complexity index is 1270. The largest absolute Gasteiger partial charge is 0.440 e. The van der Waals surface area contributed by atoms with Crippen LogP contribution in [0, 0.1) is 0 Å². The van der Waals surface area contributed by atoms with Gasteiger partial charge in [-0.3, -0.25) is 9.79 Å². The summed E-state index contributed by atoms with van der Waals surface area (Å²) in [6, 6.07) is 1.25. The van der Waals surface area contributed by atoms with Crippen molar-refractivity contribution in [3.63, 3.8) is 0 Å². The highest BCUT2D eigenvalue weighted by molar-refractivity contribution is 6.32. The monoisotopic (exact) mass is 578 g/mol. The molecule has 0 aromatic carbocycles. The van der Waals surface area contributed by atoms with Gasteiger partial charge in [-0.2, -0.15) is 40.2 Å². The number of carbonyl (C=O) groups excluding carboxylic acids is 1.